The lowest BCUT2D eigenvalue weighted by molar-refractivity contribution is -0.0300. The molecule has 3 aromatic rings. The molecule has 0 N–H and O–H groups in total. The number of nitrogens with zero attached hydrogens (tertiary/aromatic N) is 5. The van der Waals surface area contributed by atoms with Crippen LogP contribution in [0.5, 0.6) is 0 Å². The fraction of sp³-hybridized carbons (Fsp3) is 0.524. The van der Waals surface area contributed by atoms with Crippen molar-refractivity contribution in [2.45, 2.75) is 56.6 Å². The Morgan fingerprint density at radius 2 is 1.79 bits per heavy atom. The van der Waals surface area contributed by atoms with Gasteiger partial charge in [0.15, 0.2) is 9.84 Å². The van der Waals surface area contributed by atoms with Crippen LogP contribution in [0.2, 0.25) is 0 Å². The predicted molar refractivity (Wildman–Crippen MR) is 116 cm³/mol. The minimum Gasteiger partial charge on any atom is -0.365 e. The van der Waals surface area contributed by atoms with Crippen molar-refractivity contribution in [3.05, 3.63) is 35.8 Å². The number of hydrogen-bond donors (Lipinski definition) is 0. The molecule has 0 amide bonds. The zero-order chi connectivity index (χ0) is 23.8. The number of aromatic nitrogens is 4. The van der Waals surface area contributed by atoms with Crippen molar-refractivity contribution in [1.29, 1.82) is 0 Å². The smallest absolute Gasteiger partial charge is 0.266 e. The van der Waals surface area contributed by atoms with Gasteiger partial charge in [-0.2, -0.15) is 9.97 Å². The van der Waals surface area contributed by atoms with Crippen LogP contribution in [0.4, 0.5) is 10.3 Å². The molecule has 0 aliphatic carbocycles. The molecule has 1 saturated heterocycles. The van der Waals surface area contributed by atoms with Crippen LogP contribution >= 0.6 is 0 Å². The Hall–Kier alpha value is -2.86. The summed E-state index contributed by atoms with van der Waals surface area (Å²) in [6.45, 7) is 7.28. The van der Waals surface area contributed by atoms with Gasteiger partial charge in [0.25, 0.3) is 11.8 Å². The van der Waals surface area contributed by atoms with E-state index >= 15 is 0 Å². The first-order valence-electron chi connectivity index (χ1n) is 10.7. The molecular formula is C21H26FN5O5S. The number of benzene rings is 1. The molecule has 1 atom stereocenters. The van der Waals surface area contributed by atoms with Crippen molar-refractivity contribution >= 4 is 15.8 Å². The first kappa shape index (κ1) is 23.3. The van der Waals surface area contributed by atoms with E-state index in [0.29, 0.717) is 17.4 Å². The quantitative estimate of drug-likeness (QED) is 0.497. The predicted octanol–water partition coefficient (Wildman–Crippen LogP) is 3.53. The van der Waals surface area contributed by atoms with Gasteiger partial charge in [0.2, 0.25) is 11.7 Å². The normalized spacial score (nSPS) is 16.5. The number of hydrogen-bond acceptors (Lipinski definition) is 10. The number of sulfone groups is 1. The first-order valence-corrected chi connectivity index (χ1v) is 12.6. The topological polar surface area (TPSA) is 124 Å². The van der Waals surface area contributed by atoms with Crippen LogP contribution < -0.4 is 4.90 Å². The van der Waals surface area contributed by atoms with Crippen molar-refractivity contribution in [1.82, 2.24) is 20.3 Å². The molecule has 1 aromatic carbocycles. The van der Waals surface area contributed by atoms with Gasteiger partial charge in [0.1, 0.15) is 16.8 Å². The number of halogens is 1. The Kier molecular flexibility index (Phi) is 6.48. The third kappa shape index (κ3) is 5.22. The number of ether oxygens (including phenoxy) is 1. The maximum Gasteiger partial charge on any atom is 0.266 e. The minimum atomic E-state index is -3.66. The number of rotatable bonds is 7. The van der Waals surface area contributed by atoms with Crippen molar-refractivity contribution in [2.75, 3.05) is 24.2 Å². The van der Waals surface area contributed by atoms with Crippen LogP contribution in [0.25, 0.3) is 11.4 Å². The van der Waals surface area contributed by atoms with E-state index in [1.165, 1.54) is 12.1 Å². The highest BCUT2D eigenvalue weighted by Gasteiger charge is 2.27. The van der Waals surface area contributed by atoms with Gasteiger partial charge in [0, 0.05) is 30.8 Å². The zero-order valence-corrected chi connectivity index (χ0v) is 19.7. The third-order valence-electron chi connectivity index (χ3n) is 5.43. The van der Waals surface area contributed by atoms with Gasteiger partial charge >= 0.3 is 0 Å². The summed E-state index contributed by atoms with van der Waals surface area (Å²) in [5, 5.41) is 7.94. The second-order valence-corrected chi connectivity index (χ2v) is 10.4. The zero-order valence-electron chi connectivity index (χ0n) is 18.9. The van der Waals surface area contributed by atoms with Crippen LogP contribution in [0.1, 0.15) is 57.4 Å². The molecule has 2 aromatic heterocycles. The standard InChI is InChI=1S/C21H26FN5O5S/c1-12(2)19-24-21(26-31-19)27-9-7-15(8-10-27)30-13(3)20-23-18(25-32-20)14-5-6-17(16(22)11-14)33(4,28)29/h5-6,11-13,15H,7-10H2,1-4H3/t13-/m1/s1. The number of anilines is 1. The highest BCUT2D eigenvalue weighted by molar-refractivity contribution is 7.90. The van der Waals surface area contributed by atoms with Crippen molar-refractivity contribution in [2.24, 2.45) is 0 Å². The summed E-state index contributed by atoms with van der Waals surface area (Å²) in [5.74, 6) is 0.962. The Morgan fingerprint density at radius 1 is 1.09 bits per heavy atom. The van der Waals surface area contributed by atoms with Gasteiger partial charge in [-0.1, -0.05) is 19.0 Å². The molecule has 178 valence electrons. The summed E-state index contributed by atoms with van der Waals surface area (Å²) in [4.78, 5) is 10.4. The Labute approximate surface area is 191 Å². The van der Waals surface area contributed by atoms with E-state index in [-0.39, 0.29) is 28.6 Å². The molecule has 0 saturated carbocycles. The minimum absolute atomic E-state index is 0.00504. The van der Waals surface area contributed by atoms with Gasteiger partial charge in [-0.25, -0.2) is 12.8 Å². The highest BCUT2D eigenvalue weighted by atomic mass is 32.2. The molecule has 0 spiro atoms. The molecule has 33 heavy (non-hydrogen) atoms. The summed E-state index contributed by atoms with van der Waals surface area (Å²) in [6.07, 6.45) is 2.03. The van der Waals surface area contributed by atoms with E-state index < -0.39 is 21.8 Å². The molecule has 0 bridgehead atoms. The summed E-state index contributed by atoms with van der Waals surface area (Å²) in [7, 11) is -3.66. The molecule has 10 nitrogen and oxygen atoms in total. The summed E-state index contributed by atoms with van der Waals surface area (Å²) in [5.41, 5.74) is 0.316. The Balaban J connectivity index is 1.35. The molecule has 3 heterocycles. The SMILES string of the molecule is CC(C)c1nc(N2CCC(O[C@H](C)c3nc(-c4ccc(S(C)(=O)=O)c(F)c4)no3)CC2)no1. The van der Waals surface area contributed by atoms with Crippen molar-refractivity contribution < 1.29 is 26.6 Å². The van der Waals surface area contributed by atoms with E-state index in [4.69, 9.17) is 13.8 Å². The fourth-order valence-corrected chi connectivity index (χ4v) is 4.32. The molecule has 0 radical (unpaired) electrons. The van der Waals surface area contributed by atoms with Crippen LogP contribution in [0, 0.1) is 5.82 Å². The van der Waals surface area contributed by atoms with Gasteiger partial charge < -0.3 is 18.7 Å². The van der Waals surface area contributed by atoms with Gasteiger partial charge in [0.05, 0.1) is 6.10 Å². The molecule has 1 aliphatic rings. The largest absolute Gasteiger partial charge is 0.365 e. The first-order chi connectivity index (χ1) is 15.6. The molecule has 0 unspecified atom stereocenters. The van der Waals surface area contributed by atoms with E-state index in [1.807, 2.05) is 20.8 Å². The second kappa shape index (κ2) is 9.18. The fourth-order valence-electron chi connectivity index (χ4n) is 3.59. The van der Waals surface area contributed by atoms with Crippen LogP contribution in [-0.2, 0) is 14.6 Å². The average molecular weight is 480 g/mol. The maximum atomic E-state index is 14.2. The lowest BCUT2D eigenvalue weighted by Gasteiger charge is -2.31. The number of piperidine rings is 1. The van der Waals surface area contributed by atoms with Crippen molar-refractivity contribution in [3.8, 4) is 11.4 Å². The van der Waals surface area contributed by atoms with Gasteiger partial charge in [-0.05, 0) is 43.1 Å². The van der Waals surface area contributed by atoms with E-state index in [0.717, 1.165) is 38.3 Å². The molecule has 1 fully saturated rings. The Morgan fingerprint density at radius 3 is 2.39 bits per heavy atom. The van der Waals surface area contributed by atoms with Gasteiger partial charge in [-0.15, -0.1) is 0 Å². The maximum absolute atomic E-state index is 14.2. The van der Waals surface area contributed by atoms with E-state index in [2.05, 4.69) is 25.2 Å². The van der Waals surface area contributed by atoms with E-state index in [9.17, 15) is 12.8 Å². The second-order valence-electron chi connectivity index (χ2n) is 8.43. The average Bonchev–Trinajstić information content (AvgIpc) is 3.44. The molecular weight excluding hydrogens is 453 g/mol. The summed E-state index contributed by atoms with van der Waals surface area (Å²) >= 11 is 0. The van der Waals surface area contributed by atoms with Crippen LogP contribution in [-0.4, -0.2) is 54.1 Å². The highest BCUT2D eigenvalue weighted by Crippen LogP contribution is 2.27. The lowest BCUT2D eigenvalue weighted by Crippen LogP contribution is -2.38. The third-order valence-corrected chi connectivity index (χ3v) is 6.56. The van der Waals surface area contributed by atoms with Gasteiger partial charge in [-0.3, -0.25) is 0 Å². The van der Waals surface area contributed by atoms with Crippen LogP contribution in [0.3, 0.4) is 0 Å². The molecule has 1 aliphatic heterocycles. The molecule has 12 heteroatoms. The van der Waals surface area contributed by atoms with Crippen LogP contribution in [0.15, 0.2) is 32.1 Å². The molecule has 4 rings (SSSR count). The monoisotopic (exact) mass is 479 g/mol. The summed E-state index contributed by atoms with van der Waals surface area (Å²) in [6, 6.07) is 3.71. The summed E-state index contributed by atoms with van der Waals surface area (Å²) < 4.78 is 54.1. The Bertz CT molecular complexity index is 1220. The van der Waals surface area contributed by atoms with E-state index in [1.54, 1.807) is 0 Å². The lowest BCUT2D eigenvalue weighted by atomic mass is 10.1. The van der Waals surface area contributed by atoms with Crippen molar-refractivity contribution in [3.63, 3.8) is 0 Å².